The third kappa shape index (κ3) is 4.16. The molecule has 1 atom stereocenters. The smallest absolute Gasteiger partial charge is 0.251 e. The highest BCUT2D eigenvalue weighted by Crippen LogP contribution is 2.17. The molecule has 0 aromatic heterocycles. The van der Waals surface area contributed by atoms with E-state index in [1.807, 2.05) is 30.3 Å². The molecule has 2 aromatic carbocycles. The summed E-state index contributed by atoms with van der Waals surface area (Å²) in [6.07, 6.45) is 0.343. The number of carbonyl (C=O) groups excluding carboxylic acids is 2. The minimum Gasteiger partial charge on any atom is -0.368 e. The Morgan fingerprint density at radius 3 is 2.29 bits per heavy atom. The lowest BCUT2D eigenvalue weighted by Gasteiger charge is -2.16. The normalized spacial score (nSPS) is 11.7. The number of halogens is 1. The molecule has 0 saturated carbocycles. The van der Waals surface area contributed by atoms with Gasteiger partial charge in [0.1, 0.15) is 6.04 Å². The van der Waals surface area contributed by atoms with Crippen molar-refractivity contribution in [1.82, 2.24) is 5.32 Å². The lowest BCUT2D eigenvalue weighted by atomic mass is 10.0. The van der Waals surface area contributed by atoms with Crippen LogP contribution in [0.5, 0.6) is 0 Å². The highest BCUT2D eigenvalue weighted by Gasteiger charge is 2.20. The Labute approximate surface area is 131 Å². The molecule has 0 heterocycles. The minimum absolute atomic E-state index is 0.313. The van der Waals surface area contributed by atoms with Gasteiger partial charge in [0.05, 0.1) is 0 Å². The minimum atomic E-state index is -0.753. The Bertz CT molecular complexity index is 644. The van der Waals surface area contributed by atoms with Crippen LogP contribution < -0.4 is 11.1 Å². The topological polar surface area (TPSA) is 72.2 Å². The van der Waals surface area contributed by atoms with Crippen LogP contribution >= 0.6 is 15.9 Å². The molecule has 0 unspecified atom stereocenters. The molecule has 21 heavy (non-hydrogen) atoms. The van der Waals surface area contributed by atoms with Gasteiger partial charge >= 0.3 is 0 Å². The van der Waals surface area contributed by atoms with Gasteiger partial charge < -0.3 is 11.1 Å². The first kappa shape index (κ1) is 15.3. The molecule has 0 spiro atoms. The first-order chi connectivity index (χ1) is 10.1. The Morgan fingerprint density at radius 1 is 1.05 bits per heavy atom. The van der Waals surface area contributed by atoms with Crippen molar-refractivity contribution in [2.24, 2.45) is 5.73 Å². The van der Waals surface area contributed by atoms with E-state index in [0.717, 1.165) is 10.0 Å². The number of nitrogens with two attached hydrogens (primary N) is 1. The van der Waals surface area contributed by atoms with Gasteiger partial charge in [-0.25, -0.2) is 0 Å². The lowest BCUT2D eigenvalue weighted by molar-refractivity contribution is -0.119. The van der Waals surface area contributed by atoms with Crippen LogP contribution in [0.2, 0.25) is 0 Å². The zero-order chi connectivity index (χ0) is 15.2. The van der Waals surface area contributed by atoms with Crippen LogP contribution in [-0.2, 0) is 11.2 Å². The van der Waals surface area contributed by atoms with Gasteiger partial charge in [0, 0.05) is 16.5 Å². The summed E-state index contributed by atoms with van der Waals surface area (Å²) >= 11 is 3.42. The summed E-state index contributed by atoms with van der Waals surface area (Å²) in [7, 11) is 0. The molecule has 0 aliphatic rings. The fraction of sp³-hybridized carbons (Fsp3) is 0.125. The Hall–Kier alpha value is -2.14. The molecule has 0 aliphatic heterocycles. The van der Waals surface area contributed by atoms with Crippen molar-refractivity contribution >= 4 is 27.7 Å². The number of nitrogens with one attached hydrogen (secondary N) is 1. The zero-order valence-corrected chi connectivity index (χ0v) is 12.8. The zero-order valence-electron chi connectivity index (χ0n) is 11.3. The molecule has 108 valence electrons. The van der Waals surface area contributed by atoms with Gasteiger partial charge in [-0.15, -0.1) is 0 Å². The average Bonchev–Trinajstić information content (AvgIpc) is 2.49. The van der Waals surface area contributed by atoms with Gasteiger partial charge in [0.2, 0.25) is 5.91 Å². The second kappa shape index (κ2) is 7.04. The Balaban J connectivity index is 2.12. The van der Waals surface area contributed by atoms with Crippen LogP contribution in [0.4, 0.5) is 0 Å². The third-order valence-corrected chi connectivity index (χ3v) is 3.84. The van der Waals surface area contributed by atoms with Crippen molar-refractivity contribution in [3.05, 3.63) is 70.2 Å². The van der Waals surface area contributed by atoms with Crippen LogP contribution in [0.1, 0.15) is 15.9 Å². The van der Waals surface area contributed by atoms with E-state index < -0.39 is 11.9 Å². The predicted octanol–water partition coefficient (Wildman–Crippen LogP) is 2.28. The Morgan fingerprint density at radius 2 is 1.67 bits per heavy atom. The summed E-state index contributed by atoms with van der Waals surface area (Å²) < 4.78 is 0.880. The molecular weight excluding hydrogens is 332 g/mol. The second-order valence-electron chi connectivity index (χ2n) is 4.59. The molecule has 0 bridgehead atoms. The number of hydrogen-bond acceptors (Lipinski definition) is 2. The second-order valence-corrected chi connectivity index (χ2v) is 5.44. The van der Waals surface area contributed by atoms with Crippen LogP contribution in [0.25, 0.3) is 0 Å². The molecular formula is C16H15BrN2O2. The molecule has 2 amide bonds. The highest BCUT2D eigenvalue weighted by molar-refractivity contribution is 9.10. The fourth-order valence-corrected chi connectivity index (χ4v) is 2.38. The van der Waals surface area contributed by atoms with E-state index in [0.29, 0.717) is 12.0 Å². The first-order valence-corrected chi connectivity index (χ1v) is 7.26. The SMILES string of the molecule is NC(=O)[C@@H](Cc1ccccc1Br)NC(=O)c1ccccc1. The van der Waals surface area contributed by atoms with Crippen LogP contribution in [-0.4, -0.2) is 17.9 Å². The molecule has 3 N–H and O–H groups in total. The van der Waals surface area contributed by atoms with E-state index in [1.54, 1.807) is 24.3 Å². The maximum Gasteiger partial charge on any atom is 0.251 e. The largest absolute Gasteiger partial charge is 0.368 e. The number of hydrogen-bond donors (Lipinski definition) is 2. The van der Waals surface area contributed by atoms with E-state index in [-0.39, 0.29) is 5.91 Å². The Kier molecular flexibility index (Phi) is 5.11. The van der Waals surface area contributed by atoms with Crippen molar-refractivity contribution in [2.45, 2.75) is 12.5 Å². The average molecular weight is 347 g/mol. The van der Waals surface area contributed by atoms with Crippen molar-refractivity contribution in [3.63, 3.8) is 0 Å². The van der Waals surface area contributed by atoms with Gasteiger partial charge in [0.15, 0.2) is 0 Å². The summed E-state index contributed by atoms with van der Waals surface area (Å²) in [5.41, 5.74) is 6.80. The number of amides is 2. The standard InChI is InChI=1S/C16H15BrN2O2/c17-13-9-5-4-8-12(13)10-14(15(18)20)19-16(21)11-6-2-1-3-7-11/h1-9,14H,10H2,(H2,18,20)(H,19,21)/t14-/m1/s1. The van der Waals surface area contributed by atoms with Gasteiger partial charge in [-0.05, 0) is 23.8 Å². The van der Waals surface area contributed by atoms with Crippen molar-refractivity contribution in [1.29, 1.82) is 0 Å². The molecule has 5 heteroatoms. The third-order valence-electron chi connectivity index (χ3n) is 3.07. The van der Waals surface area contributed by atoms with Gasteiger partial charge in [-0.1, -0.05) is 52.3 Å². The van der Waals surface area contributed by atoms with Gasteiger partial charge in [0.25, 0.3) is 5.91 Å². The van der Waals surface area contributed by atoms with E-state index in [1.165, 1.54) is 0 Å². The molecule has 0 fully saturated rings. The monoisotopic (exact) mass is 346 g/mol. The van der Waals surface area contributed by atoms with Crippen LogP contribution in [0.15, 0.2) is 59.1 Å². The van der Waals surface area contributed by atoms with E-state index in [9.17, 15) is 9.59 Å². The predicted molar refractivity (Wildman–Crippen MR) is 84.7 cm³/mol. The van der Waals surface area contributed by atoms with E-state index in [2.05, 4.69) is 21.2 Å². The molecule has 0 aliphatic carbocycles. The summed E-state index contributed by atoms with van der Waals surface area (Å²) in [5, 5.41) is 2.67. The molecule has 0 saturated heterocycles. The summed E-state index contributed by atoms with van der Waals surface area (Å²) in [6.45, 7) is 0. The number of primary amides is 1. The van der Waals surface area contributed by atoms with E-state index in [4.69, 9.17) is 5.73 Å². The quantitative estimate of drug-likeness (QED) is 0.871. The van der Waals surface area contributed by atoms with Crippen LogP contribution in [0, 0.1) is 0 Å². The molecule has 0 radical (unpaired) electrons. The van der Waals surface area contributed by atoms with Gasteiger partial charge in [-0.2, -0.15) is 0 Å². The van der Waals surface area contributed by atoms with Gasteiger partial charge in [-0.3, -0.25) is 9.59 Å². The molecule has 2 rings (SSSR count). The van der Waals surface area contributed by atoms with Crippen LogP contribution in [0.3, 0.4) is 0 Å². The molecule has 4 nitrogen and oxygen atoms in total. The lowest BCUT2D eigenvalue weighted by Crippen LogP contribution is -2.45. The highest BCUT2D eigenvalue weighted by atomic mass is 79.9. The summed E-state index contributed by atoms with van der Waals surface area (Å²) in [4.78, 5) is 23.7. The first-order valence-electron chi connectivity index (χ1n) is 6.46. The van der Waals surface area contributed by atoms with E-state index >= 15 is 0 Å². The van der Waals surface area contributed by atoms with Crippen molar-refractivity contribution in [3.8, 4) is 0 Å². The summed E-state index contributed by atoms with van der Waals surface area (Å²) in [6, 6.07) is 15.5. The number of rotatable bonds is 5. The number of benzene rings is 2. The molecule has 2 aromatic rings. The maximum absolute atomic E-state index is 12.1. The van der Waals surface area contributed by atoms with Crippen molar-refractivity contribution < 1.29 is 9.59 Å². The maximum atomic E-state index is 12.1. The fourth-order valence-electron chi connectivity index (χ4n) is 1.94. The van der Waals surface area contributed by atoms with Crippen molar-refractivity contribution in [2.75, 3.05) is 0 Å². The number of carbonyl (C=O) groups is 2. The summed E-state index contributed by atoms with van der Waals surface area (Å²) in [5.74, 6) is -0.874.